The van der Waals surface area contributed by atoms with Gasteiger partial charge in [0.15, 0.2) is 0 Å². The molecule has 1 aliphatic rings. The van der Waals surface area contributed by atoms with Gasteiger partial charge in [0.1, 0.15) is 24.0 Å². The number of carbonyl (C=O) groups excluding carboxylic acids is 3. The van der Waals surface area contributed by atoms with E-state index in [1.165, 1.54) is 0 Å². The summed E-state index contributed by atoms with van der Waals surface area (Å²) in [6, 6.07) is 19.1. The second kappa shape index (κ2) is 9.52. The van der Waals surface area contributed by atoms with Crippen LogP contribution < -0.4 is 10.1 Å². The molecule has 0 spiro atoms. The van der Waals surface area contributed by atoms with Gasteiger partial charge in [-0.15, -0.1) is 0 Å². The molecule has 4 rings (SSSR count). The first kappa shape index (κ1) is 23.3. The maximum atomic E-state index is 13.2. The van der Waals surface area contributed by atoms with Crippen molar-refractivity contribution < 1.29 is 29.0 Å². The second-order valence-corrected chi connectivity index (χ2v) is 8.24. The molecule has 1 saturated heterocycles. The molecule has 176 valence electrons. The molecule has 8 nitrogen and oxygen atoms in total. The van der Waals surface area contributed by atoms with E-state index in [9.17, 15) is 19.5 Å². The van der Waals surface area contributed by atoms with Gasteiger partial charge >= 0.3 is 12.0 Å². The number of hydrogen-bond donors (Lipinski definition) is 2. The normalized spacial score (nSPS) is 18.6. The van der Waals surface area contributed by atoms with Gasteiger partial charge in [0.25, 0.3) is 5.91 Å². The van der Waals surface area contributed by atoms with Gasteiger partial charge in [0.05, 0.1) is 18.7 Å². The highest BCUT2D eigenvalue weighted by molar-refractivity contribution is 6.07. The van der Waals surface area contributed by atoms with Crippen molar-refractivity contribution in [3.05, 3.63) is 77.9 Å². The third kappa shape index (κ3) is 4.58. The summed E-state index contributed by atoms with van der Waals surface area (Å²) in [5.74, 6) is -0.432. The lowest BCUT2D eigenvalue weighted by molar-refractivity contribution is -0.132. The minimum absolute atomic E-state index is 0.136. The molecule has 2 N–H and O–H groups in total. The van der Waals surface area contributed by atoms with Crippen LogP contribution in [0.15, 0.2) is 66.7 Å². The molecule has 2 unspecified atom stereocenters. The number of benzene rings is 3. The lowest BCUT2D eigenvalue weighted by Gasteiger charge is -2.23. The number of esters is 1. The summed E-state index contributed by atoms with van der Waals surface area (Å²) in [5, 5.41) is 15.2. The zero-order chi connectivity index (χ0) is 24.3. The third-order valence-electron chi connectivity index (χ3n) is 5.80. The number of nitrogens with zero attached hydrogens (tertiary/aromatic N) is 1. The molecular weight excluding hydrogens is 436 g/mol. The van der Waals surface area contributed by atoms with Gasteiger partial charge in [0.2, 0.25) is 0 Å². The summed E-state index contributed by atoms with van der Waals surface area (Å²) in [5.41, 5.74) is -0.175. The topological polar surface area (TPSA) is 105 Å². The van der Waals surface area contributed by atoms with Gasteiger partial charge in [-0.25, -0.2) is 9.59 Å². The summed E-state index contributed by atoms with van der Waals surface area (Å²) in [6.07, 6.45) is -1.10. The van der Waals surface area contributed by atoms with E-state index in [0.29, 0.717) is 16.9 Å². The Labute approximate surface area is 197 Å². The zero-order valence-corrected chi connectivity index (χ0v) is 19.0. The van der Waals surface area contributed by atoms with E-state index in [4.69, 9.17) is 9.47 Å². The first-order valence-corrected chi connectivity index (χ1v) is 11.0. The molecule has 2 atom stereocenters. The molecule has 0 bridgehead atoms. The van der Waals surface area contributed by atoms with Crippen LogP contribution in [0, 0.1) is 0 Å². The van der Waals surface area contributed by atoms with E-state index in [2.05, 4.69) is 5.32 Å². The number of urea groups is 1. The smallest absolute Gasteiger partial charge is 0.338 e. The van der Waals surface area contributed by atoms with Crippen molar-refractivity contribution in [2.45, 2.75) is 25.5 Å². The summed E-state index contributed by atoms with van der Waals surface area (Å²) in [6.45, 7) is 3.32. The Morgan fingerprint density at radius 3 is 2.47 bits per heavy atom. The lowest BCUT2D eigenvalue weighted by Crippen LogP contribution is -2.42. The number of amides is 3. The van der Waals surface area contributed by atoms with Gasteiger partial charge in [-0.1, -0.05) is 36.4 Å². The number of imide groups is 1. The predicted molar refractivity (Wildman–Crippen MR) is 125 cm³/mol. The number of β-amino-alcohol motifs (C(OH)–C–C–N with tert-alkyl or cyclic N) is 1. The number of aliphatic hydroxyl groups excluding tert-OH is 1. The van der Waals surface area contributed by atoms with Crippen LogP contribution in [0.3, 0.4) is 0 Å². The Balaban J connectivity index is 1.39. The van der Waals surface area contributed by atoms with Crippen LogP contribution in [0.4, 0.5) is 4.79 Å². The summed E-state index contributed by atoms with van der Waals surface area (Å²) in [7, 11) is 0. The zero-order valence-electron chi connectivity index (χ0n) is 19.0. The quantitative estimate of drug-likeness (QED) is 0.393. The van der Waals surface area contributed by atoms with Crippen molar-refractivity contribution in [1.29, 1.82) is 0 Å². The minimum atomic E-state index is -1.23. The molecule has 1 heterocycles. The number of carbonyl (C=O) groups is 3. The average molecular weight is 463 g/mol. The Morgan fingerprint density at radius 2 is 1.76 bits per heavy atom. The van der Waals surface area contributed by atoms with Gasteiger partial charge in [0, 0.05) is 0 Å². The first-order chi connectivity index (χ1) is 16.3. The van der Waals surface area contributed by atoms with E-state index in [1.807, 2.05) is 42.5 Å². The van der Waals surface area contributed by atoms with Crippen LogP contribution >= 0.6 is 0 Å². The Hall–Kier alpha value is -3.91. The Kier molecular flexibility index (Phi) is 6.51. The molecule has 1 aliphatic heterocycles. The first-order valence-electron chi connectivity index (χ1n) is 11.0. The van der Waals surface area contributed by atoms with Gasteiger partial charge in [-0.2, -0.15) is 0 Å². The average Bonchev–Trinajstić information content (AvgIpc) is 3.06. The number of rotatable bonds is 8. The summed E-state index contributed by atoms with van der Waals surface area (Å²) >= 11 is 0. The van der Waals surface area contributed by atoms with Crippen molar-refractivity contribution in [3.8, 4) is 5.75 Å². The Morgan fingerprint density at radius 1 is 1.06 bits per heavy atom. The highest BCUT2D eigenvalue weighted by Crippen LogP contribution is 2.31. The van der Waals surface area contributed by atoms with Gasteiger partial charge < -0.3 is 19.9 Å². The van der Waals surface area contributed by atoms with Crippen LogP contribution in [0.5, 0.6) is 5.75 Å². The molecule has 3 aromatic carbocycles. The van der Waals surface area contributed by atoms with Crippen LogP contribution in [0.2, 0.25) is 0 Å². The molecule has 0 aromatic heterocycles. The van der Waals surface area contributed by atoms with Crippen molar-refractivity contribution in [1.82, 2.24) is 10.2 Å². The van der Waals surface area contributed by atoms with Crippen LogP contribution in [-0.2, 0) is 15.1 Å². The van der Waals surface area contributed by atoms with Gasteiger partial charge in [-0.3, -0.25) is 9.69 Å². The monoisotopic (exact) mass is 462 g/mol. The Bertz CT molecular complexity index is 1230. The number of nitrogens with one attached hydrogen (secondary N) is 1. The molecule has 0 aliphatic carbocycles. The van der Waals surface area contributed by atoms with E-state index in [-0.39, 0.29) is 19.8 Å². The third-order valence-corrected chi connectivity index (χ3v) is 5.80. The highest BCUT2D eigenvalue weighted by atomic mass is 16.5. The summed E-state index contributed by atoms with van der Waals surface area (Å²) < 4.78 is 10.5. The molecule has 3 amide bonds. The van der Waals surface area contributed by atoms with Crippen molar-refractivity contribution in [3.63, 3.8) is 0 Å². The van der Waals surface area contributed by atoms with Crippen molar-refractivity contribution in [2.75, 3.05) is 19.8 Å². The minimum Gasteiger partial charge on any atom is -0.491 e. The predicted octanol–water partition coefficient (Wildman–Crippen LogP) is 3.22. The molecular formula is C26H26N2O6. The molecule has 1 fully saturated rings. The fraction of sp³-hybridized carbons (Fsp3) is 0.269. The molecule has 3 aromatic rings. The maximum Gasteiger partial charge on any atom is 0.338 e. The van der Waals surface area contributed by atoms with Gasteiger partial charge in [-0.05, 0) is 60.5 Å². The van der Waals surface area contributed by atoms with Crippen molar-refractivity contribution >= 4 is 28.7 Å². The number of fused-ring (bicyclic) bond motifs is 1. The van der Waals surface area contributed by atoms with E-state index >= 15 is 0 Å². The van der Waals surface area contributed by atoms with Crippen LogP contribution in [0.25, 0.3) is 10.8 Å². The van der Waals surface area contributed by atoms with Crippen LogP contribution in [-0.4, -0.2) is 53.8 Å². The molecule has 0 radical (unpaired) electrons. The van der Waals surface area contributed by atoms with Crippen LogP contribution in [0.1, 0.15) is 29.8 Å². The number of ether oxygens (including phenoxy) is 2. The standard InChI is InChI=1S/C26H26N2O6/c1-3-33-23(30)18-9-12-22(13-10-18)34-16-21(29)15-28-24(31)26(2,27-25(28)32)20-11-8-17-6-4-5-7-19(17)14-20/h4-14,21,29H,3,15-16H2,1-2H3,(H,27,32). The molecule has 0 saturated carbocycles. The summed E-state index contributed by atoms with van der Waals surface area (Å²) in [4.78, 5) is 38.5. The number of aliphatic hydroxyl groups is 1. The van der Waals surface area contributed by atoms with E-state index < -0.39 is 29.6 Å². The SMILES string of the molecule is CCOC(=O)c1ccc(OCC(O)CN2C(=O)NC(C)(c3ccc4ccccc4c3)C2=O)cc1. The van der Waals surface area contributed by atoms with E-state index in [0.717, 1.165) is 15.7 Å². The fourth-order valence-corrected chi connectivity index (χ4v) is 3.92. The molecule has 8 heteroatoms. The molecule has 34 heavy (non-hydrogen) atoms. The maximum absolute atomic E-state index is 13.2. The second-order valence-electron chi connectivity index (χ2n) is 8.24. The highest BCUT2D eigenvalue weighted by Gasteiger charge is 2.49. The fourth-order valence-electron chi connectivity index (χ4n) is 3.92. The van der Waals surface area contributed by atoms with Crippen molar-refractivity contribution in [2.24, 2.45) is 0 Å². The number of hydrogen-bond acceptors (Lipinski definition) is 6. The largest absolute Gasteiger partial charge is 0.491 e. The van der Waals surface area contributed by atoms with E-state index in [1.54, 1.807) is 38.1 Å². The lowest BCUT2D eigenvalue weighted by atomic mass is 9.90.